The van der Waals surface area contributed by atoms with Crippen molar-refractivity contribution >= 4 is 6.03 Å². The Morgan fingerprint density at radius 1 is 1.58 bits per heavy atom. The molecule has 1 aliphatic heterocycles. The molecule has 0 aliphatic carbocycles. The van der Waals surface area contributed by atoms with Gasteiger partial charge in [0.05, 0.1) is 11.9 Å². The Labute approximate surface area is 112 Å². The zero-order chi connectivity index (χ0) is 13.7. The SMILES string of the molecule is CNC(=O)N[C@H]1CCCN(Cc2ccc(F)cn2)C1. The van der Waals surface area contributed by atoms with E-state index in [-0.39, 0.29) is 17.9 Å². The molecule has 2 heterocycles. The van der Waals surface area contributed by atoms with Gasteiger partial charge in [0.2, 0.25) is 0 Å². The number of rotatable bonds is 3. The molecule has 0 spiro atoms. The van der Waals surface area contributed by atoms with Crippen molar-refractivity contribution in [3.63, 3.8) is 0 Å². The lowest BCUT2D eigenvalue weighted by Crippen LogP contribution is -2.49. The standard InChI is InChI=1S/C13H19FN4O/c1-15-13(19)17-12-3-2-6-18(9-12)8-11-5-4-10(14)7-16-11/h4-5,7,12H,2-3,6,8-9H2,1H3,(H2,15,17,19)/t12-/m0/s1. The number of halogens is 1. The van der Waals surface area contributed by atoms with E-state index in [0.717, 1.165) is 31.6 Å². The monoisotopic (exact) mass is 266 g/mol. The van der Waals surface area contributed by atoms with Crippen LogP contribution >= 0.6 is 0 Å². The number of hydrogen-bond acceptors (Lipinski definition) is 3. The number of pyridine rings is 1. The van der Waals surface area contributed by atoms with Gasteiger partial charge in [-0.15, -0.1) is 0 Å². The molecule has 0 radical (unpaired) electrons. The van der Waals surface area contributed by atoms with Crippen molar-refractivity contribution in [2.24, 2.45) is 0 Å². The van der Waals surface area contributed by atoms with Crippen LogP contribution in [0.4, 0.5) is 9.18 Å². The maximum atomic E-state index is 12.8. The molecular formula is C13H19FN4O. The van der Waals surface area contributed by atoms with Crippen LogP contribution in [0.25, 0.3) is 0 Å². The molecule has 0 bridgehead atoms. The van der Waals surface area contributed by atoms with Crippen LogP contribution in [0.5, 0.6) is 0 Å². The Bertz CT molecular complexity index is 423. The minimum atomic E-state index is -0.318. The molecule has 1 atom stereocenters. The van der Waals surface area contributed by atoms with Crippen LogP contribution in [0.3, 0.4) is 0 Å². The van der Waals surface area contributed by atoms with Gasteiger partial charge in [0.15, 0.2) is 0 Å². The third-order valence-corrected chi connectivity index (χ3v) is 3.24. The number of likely N-dealkylation sites (tertiary alicyclic amines) is 1. The lowest BCUT2D eigenvalue weighted by atomic mass is 10.1. The third kappa shape index (κ3) is 4.17. The largest absolute Gasteiger partial charge is 0.341 e. The van der Waals surface area contributed by atoms with Crippen molar-refractivity contribution in [1.29, 1.82) is 0 Å². The van der Waals surface area contributed by atoms with Gasteiger partial charge in [-0.2, -0.15) is 0 Å². The minimum Gasteiger partial charge on any atom is -0.341 e. The molecule has 0 saturated carbocycles. The number of carbonyl (C=O) groups excluding carboxylic acids is 1. The summed E-state index contributed by atoms with van der Waals surface area (Å²) in [7, 11) is 1.61. The predicted molar refractivity (Wildman–Crippen MR) is 70.1 cm³/mol. The van der Waals surface area contributed by atoms with Crippen molar-refractivity contribution < 1.29 is 9.18 Å². The summed E-state index contributed by atoms with van der Waals surface area (Å²) in [4.78, 5) is 17.6. The van der Waals surface area contributed by atoms with Crippen LogP contribution in [0.1, 0.15) is 18.5 Å². The van der Waals surface area contributed by atoms with Gasteiger partial charge < -0.3 is 10.6 Å². The molecule has 19 heavy (non-hydrogen) atoms. The fourth-order valence-corrected chi connectivity index (χ4v) is 2.30. The smallest absolute Gasteiger partial charge is 0.314 e. The fraction of sp³-hybridized carbons (Fsp3) is 0.538. The second kappa shape index (κ2) is 6.47. The Morgan fingerprint density at radius 2 is 2.42 bits per heavy atom. The summed E-state index contributed by atoms with van der Waals surface area (Å²) in [6, 6.07) is 3.14. The summed E-state index contributed by atoms with van der Waals surface area (Å²) in [6.45, 7) is 2.46. The van der Waals surface area contributed by atoms with Crippen LogP contribution in [0.2, 0.25) is 0 Å². The van der Waals surface area contributed by atoms with Crippen LogP contribution < -0.4 is 10.6 Å². The summed E-state index contributed by atoms with van der Waals surface area (Å²) in [5, 5.41) is 5.48. The van der Waals surface area contributed by atoms with Crippen molar-refractivity contribution in [2.45, 2.75) is 25.4 Å². The normalized spacial score (nSPS) is 20.0. The molecule has 1 aliphatic rings. The number of hydrogen-bond donors (Lipinski definition) is 2. The highest BCUT2D eigenvalue weighted by Gasteiger charge is 2.21. The van der Waals surface area contributed by atoms with E-state index in [4.69, 9.17) is 0 Å². The van der Waals surface area contributed by atoms with Gasteiger partial charge in [0.25, 0.3) is 0 Å². The highest BCUT2D eigenvalue weighted by Crippen LogP contribution is 2.13. The van der Waals surface area contributed by atoms with Crippen LogP contribution in [0.15, 0.2) is 18.3 Å². The first kappa shape index (κ1) is 13.7. The quantitative estimate of drug-likeness (QED) is 0.862. The first-order chi connectivity index (χ1) is 9.17. The lowest BCUT2D eigenvalue weighted by molar-refractivity contribution is 0.179. The molecule has 6 heteroatoms. The maximum absolute atomic E-state index is 12.8. The molecule has 2 rings (SSSR count). The summed E-state index contributed by atoms with van der Waals surface area (Å²) in [5.41, 5.74) is 0.849. The Balaban J connectivity index is 1.87. The average Bonchev–Trinajstić information content (AvgIpc) is 2.42. The molecule has 1 aromatic heterocycles. The topological polar surface area (TPSA) is 57.3 Å². The average molecular weight is 266 g/mol. The molecule has 5 nitrogen and oxygen atoms in total. The van der Waals surface area contributed by atoms with Gasteiger partial charge in [-0.1, -0.05) is 0 Å². The Morgan fingerprint density at radius 3 is 3.11 bits per heavy atom. The maximum Gasteiger partial charge on any atom is 0.314 e. The molecule has 0 aromatic carbocycles. The summed E-state index contributed by atoms with van der Waals surface area (Å²) in [6.07, 6.45) is 3.26. The second-order valence-corrected chi connectivity index (χ2v) is 4.77. The van der Waals surface area contributed by atoms with Gasteiger partial charge in [-0.05, 0) is 31.5 Å². The van der Waals surface area contributed by atoms with Crippen LogP contribution in [-0.2, 0) is 6.54 Å². The van der Waals surface area contributed by atoms with Crippen molar-refractivity contribution in [3.8, 4) is 0 Å². The number of nitrogens with one attached hydrogen (secondary N) is 2. The summed E-state index contributed by atoms with van der Waals surface area (Å²) >= 11 is 0. The van der Waals surface area contributed by atoms with E-state index in [9.17, 15) is 9.18 Å². The number of nitrogens with zero attached hydrogens (tertiary/aromatic N) is 2. The van der Waals surface area contributed by atoms with Crippen molar-refractivity contribution in [2.75, 3.05) is 20.1 Å². The molecular weight excluding hydrogens is 247 g/mol. The van der Waals surface area contributed by atoms with Gasteiger partial charge in [0.1, 0.15) is 5.82 Å². The number of urea groups is 1. The predicted octanol–water partition coefficient (Wildman–Crippen LogP) is 1.11. The van der Waals surface area contributed by atoms with E-state index < -0.39 is 0 Å². The number of carbonyl (C=O) groups is 1. The second-order valence-electron chi connectivity index (χ2n) is 4.77. The molecule has 2 amide bonds. The Hall–Kier alpha value is -1.69. The molecule has 1 fully saturated rings. The highest BCUT2D eigenvalue weighted by atomic mass is 19.1. The van der Waals surface area contributed by atoms with Gasteiger partial charge in [-0.3, -0.25) is 9.88 Å². The lowest BCUT2D eigenvalue weighted by Gasteiger charge is -2.32. The third-order valence-electron chi connectivity index (χ3n) is 3.24. The molecule has 0 unspecified atom stereocenters. The van der Waals surface area contributed by atoms with E-state index >= 15 is 0 Å². The highest BCUT2D eigenvalue weighted by molar-refractivity contribution is 5.73. The Kier molecular flexibility index (Phi) is 4.68. The first-order valence-electron chi connectivity index (χ1n) is 6.48. The minimum absolute atomic E-state index is 0.147. The van der Waals surface area contributed by atoms with Crippen molar-refractivity contribution in [1.82, 2.24) is 20.5 Å². The van der Waals surface area contributed by atoms with Gasteiger partial charge in [0, 0.05) is 26.2 Å². The molecule has 1 saturated heterocycles. The molecule has 2 N–H and O–H groups in total. The van der Waals surface area contributed by atoms with Crippen LogP contribution in [-0.4, -0.2) is 42.1 Å². The van der Waals surface area contributed by atoms with E-state index in [0.29, 0.717) is 6.54 Å². The molecule has 104 valence electrons. The molecule has 1 aromatic rings. The van der Waals surface area contributed by atoms with E-state index in [2.05, 4.69) is 20.5 Å². The summed E-state index contributed by atoms with van der Waals surface area (Å²) < 4.78 is 12.8. The van der Waals surface area contributed by atoms with Gasteiger partial charge >= 0.3 is 6.03 Å². The number of amides is 2. The van der Waals surface area contributed by atoms with E-state index in [1.54, 1.807) is 13.1 Å². The van der Waals surface area contributed by atoms with E-state index in [1.807, 2.05) is 0 Å². The van der Waals surface area contributed by atoms with Gasteiger partial charge in [-0.25, -0.2) is 9.18 Å². The zero-order valence-electron chi connectivity index (χ0n) is 11.0. The number of aromatic nitrogens is 1. The van der Waals surface area contributed by atoms with E-state index in [1.165, 1.54) is 12.3 Å². The van der Waals surface area contributed by atoms with Crippen LogP contribution in [0, 0.1) is 5.82 Å². The van der Waals surface area contributed by atoms with Crippen molar-refractivity contribution in [3.05, 3.63) is 29.8 Å². The summed E-state index contributed by atoms with van der Waals surface area (Å²) in [5.74, 6) is -0.318. The first-order valence-corrected chi connectivity index (χ1v) is 6.48. The number of piperidine rings is 1. The zero-order valence-corrected chi connectivity index (χ0v) is 11.0. The fourth-order valence-electron chi connectivity index (χ4n) is 2.30.